The molecule has 3 rings (SSSR count). The number of ether oxygens (including phenoxy) is 1. The molecule has 2 atom stereocenters. The van der Waals surface area contributed by atoms with Crippen LogP contribution in [0.3, 0.4) is 0 Å². The van der Waals surface area contributed by atoms with Gasteiger partial charge in [0.1, 0.15) is 6.61 Å². The van der Waals surface area contributed by atoms with Gasteiger partial charge >= 0.3 is 6.09 Å². The molecule has 3 aromatic rings. The smallest absolute Gasteiger partial charge is 0.410 e. The van der Waals surface area contributed by atoms with Crippen LogP contribution in [-0.4, -0.2) is 23.1 Å². The van der Waals surface area contributed by atoms with Crippen LogP contribution in [-0.2, 0) is 11.3 Å². The topological polar surface area (TPSA) is 29.5 Å². The third-order valence-corrected chi connectivity index (χ3v) is 6.33. The molecule has 0 aromatic heterocycles. The highest BCUT2D eigenvalue weighted by Crippen LogP contribution is 2.29. The third-order valence-electron chi connectivity index (χ3n) is 6.33. The fourth-order valence-electron chi connectivity index (χ4n) is 4.54. The molecule has 0 heterocycles. The lowest BCUT2D eigenvalue weighted by Gasteiger charge is -2.34. The number of carbonyl (C=O) groups excluding carboxylic acids is 1. The first-order valence-corrected chi connectivity index (χ1v) is 11.9. The predicted octanol–water partition coefficient (Wildman–Crippen LogP) is 8.09. The van der Waals surface area contributed by atoms with Crippen LogP contribution in [0.2, 0.25) is 0 Å². The first-order valence-electron chi connectivity index (χ1n) is 11.9. The Hall–Kier alpha value is -2.55. The number of carbonyl (C=O) groups is 1. The van der Waals surface area contributed by atoms with Crippen molar-refractivity contribution < 1.29 is 9.53 Å². The second kappa shape index (κ2) is 11.2. The molecular weight excluding hydrogens is 382 g/mol. The minimum Gasteiger partial charge on any atom is -0.444 e. The third kappa shape index (κ3) is 5.58. The van der Waals surface area contributed by atoms with Crippen molar-refractivity contribution in [3.63, 3.8) is 0 Å². The van der Waals surface area contributed by atoms with E-state index in [1.807, 2.05) is 17.0 Å². The zero-order valence-electron chi connectivity index (χ0n) is 19.6. The SMILES string of the molecule is CCCCC(C)N(C(=O)OCc1c2ccccc2cc2ccccc12)C(C)CCCC. The van der Waals surface area contributed by atoms with Crippen LogP contribution in [0.25, 0.3) is 21.5 Å². The minimum atomic E-state index is -0.191. The van der Waals surface area contributed by atoms with Crippen molar-refractivity contribution >= 4 is 27.6 Å². The van der Waals surface area contributed by atoms with E-state index in [-0.39, 0.29) is 24.8 Å². The Morgan fingerprint density at radius 2 is 1.32 bits per heavy atom. The number of benzene rings is 3. The van der Waals surface area contributed by atoms with E-state index in [2.05, 4.69) is 70.2 Å². The van der Waals surface area contributed by atoms with Crippen molar-refractivity contribution in [3.8, 4) is 0 Å². The van der Waals surface area contributed by atoms with Gasteiger partial charge in [-0.3, -0.25) is 0 Å². The van der Waals surface area contributed by atoms with Crippen LogP contribution in [0, 0.1) is 0 Å². The lowest BCUT2D eigenvalue weighted by Crippen LogP contribution is -2.45. The average molecular weight is 420 g/mol. The molecule has 1 amide bonds. The summed E-state index contributed by atoms with van der Waals surface area (Å²) < 4.78 is 6.00. The first kappa shape index (κ1) is 23.1. The van der Waals surface area contributed by atoms with E-state index in [4.69, 9.17) is 4.74 Å². The van der Waals surface area contributed by atoms with Crippen molar-refractivity contribution in [2.75, 3.05) is 0 Å². The molecular formula is C28H37NO2. The minimum absolute atomic E-state index is 0.184. The van der Waals surface area contributed by atoms with Gasteiger partial charge in [-0.1, -0.05) is 88.1 Å². The van der Waals surface area contributed by atoms with Crippen LogP contribution in [0.1, 0.15) is 71.8 Å². The molecule has 0 aliphatic carbocycles. The number of hydrogen-bond donors (Lipinski definition) is 0. The molecule has 0 aliphatic heterocycles. The summed E-state index contributed by atoms with van der Waals surface area (Å²) >= 11 is 0. The predicted molar refractivity (Wildman–Crippen MR) is 131 cm³/mol. The van der Waals surface area contributed by atoms with Gasteiger partial charge in [0.05, 0.1) is 0 Å². The van der Waals surface area contributed by atoms with E-state index >= 15 is 0 Å². The number of nitrogens with zero attached hydrogens (tertiary/aromatic N) is 1. The first-order chi connectivity index (χ1) is 15.1. The summed E-state index contributed by atoms with van der Waals surface area (Å²) in [6, 6.07) is 19.3. The molecule has 0 fully saturated rings. The van der Waals surface area contributed by atoms with Crippen molar-refractivity contribution in [2.24, 2.45) is 0 Å². The Morgan fingerprint density at radius 1 is 0.839 bits per heavy atom. The number of fused-ring (bicyclic) bond motifs is 2. The molecule has 2 unspecified atom stereocenters. The van der Waals surface area contributed by atoms with Crippen molar-refractivity contribution in [3.05, 3.63) is 60.2 Å². The molecule has 31 heavy (non-hydrogen) atoms. The number of unbranched alkanes of at least 4 members (excludes halogenated alkanes) is 2. The van der Waals surface area contributed by atoms with Gasteiger partial charge in [-0.15, -0.1) is 0 Å². The average Bonchev–Trinajstić information content (AvgIpc) is 2.79. The standard InChI is InChI=1S/C28H37NO2/c1-5-7-13-21(3)29(22(4)14-8-6-2)28(30)31-20-27-25-17-11-9-15-23(25)19-24-16-10-12-18-26(24)27/h9-12,15-19,21-22H,5-8,13-14,20H2,1-4H3. The van der Waals surface area contributed by atoms with E-state index in [1.165, 1.54) is 10.8 Å². The summed E-state index contributed by atoms with van der Waals surface area (Å²) in [5.41, 5.74) is 1.09. The summed E-state index contributed by atoms with van der Waals surface area (Å²) in [6.07, 6.45) is 6.36. The number of amides is 1. The van der Waals surface area contributed by atoms with Crippen molar-refractivity contribution in [2.45, 2.75) is 84.9 Å². The van der Waals surface area contributed by atoms with E-state index in [0.717, 1.165) is 54.9 Å². The Labute approximate surface area is 187 Å². The second-order valence-corrected chi connectivity index (χ2v) is 8.74. The molecule has 0 saturated heterocycles. The fourth-order valence-corrected chi connectivity index (χ4v) is 4.54. The highest BCUT2D eigenvalue weighted by molar-refractivity contribution is 6.02. The highest BCUT2D eigenvalue weighted by atomic mass is 16.6. The van der Waals surface area contributed by atoms with Gasteiger partial charge in [0.25, 0.3) is 0 Å². The summed E-state index contributed by atoms with van der Waals surface area (Å²) in [7, 11) is 0. The summed E-state index contributed by atoms with van der Waals surface area (Å²) in [6.45, 7) is 9.00. The molecule has 3 nitrogen and oxygen atoms in total. The van der Waals surface area contributed by atoms with E-state index < -0.39 is 0 Å². The van der Waals surface area contributed by atoms with Gasteiger partial charge in [0.2, 0.25) is 0 Å². The van der Waals surface area contributed by atoms with Crippen molar-refractivity contribution in [1.82, 2.24) is 4.90 Å². The van der Waals surface area contributed by atoms with Gasteiger partial charge < -0.3 is 9.64 Å². The van der Waals surface area contributed by atoms with Crippen LogP contribution >= 0.6 is 0 Å². The Bertz CT molecular complexity index is 929. The highest BCUT2D eigenvalue weighted by Gasteiger charge is 2.26. The molecule has 0 aliphatic rings. The fraction of sp³-hybridized carbons (Fsp3) is 0.464. The molecule has 166 valence electrons. The summed E-state index contributed by atoms with van der Waals surface area (Å²) in [5.74, 6) is 0. The quantitative estimate of drug-likeness (QED) is 0.311. The molecule has 0 radical (unpaired) electrons. The van der Waals surface area contributed by atoms with Gasteiger partial charge in [0.15, 0.2) is 0 Å². The van der Waals surface area contributed by atoms with Gasteiger partial charge in [-0.2, -0.15) is 0 Å². The largest absolute Gasteiger partial charge is 0.444 e. The maximum Gasteiger partial charge on any atom is 0.410 e. The van der Waals surface area contributed by atoms with Gasteiger partial charge in [-0.25, -0.2) is 4.79 Å². The maximum atomic E-state index is 13.3. The van der Waals surface area contributed by atoms with Crippen molar-refractivity contribution in [1.29, 1.82) is 0 Å². The molecule has 0 bridgehead atoms. The van der Waals surface area contributed by atoms with E-state index in [1.54, 1.807) is 0 Å². The second-order valence-electron chi connectivity index (χ2n) is 8.74. The molecule has 0 N–H and O–H groups in total. The van der Waals surface area contributed by atoms with Crippen LogP contribution < -0.4 is 0 Å². The zero-order valence-corrected chi connectivity index (χ0v) is 19.6. The van der Waals surface area contributed by atoms with Crippen LogP contribution in [0.5, 0.6) is 0 Å². The lowest BCUT2D eigenvalue weighted by atomic mass is 9.97. The Kier molecular flexibility index (Phi) is 8.34. The Morgan fingerprint density at radius 3 is 1.81 bits per heavy atom. The van der Waals surface area contributed by atoms with Gasteiger partial charge in [0, 0.05) is 17.6 Å². The molecule has 0 saturated carbocycles. The van der Waals surface area contributed by atoms with Gasteiger partial charge in [-0.05, 0) is 54.3 Å². The van der Waals surface area contributed by atoms with E-state index in [0.29, 0.717) is 0 Å². The maximum absolute atomic E-state index is 13.3. The number of rotatable bonds is 10. The summed E-state index contributed by atoms with van der Waals surface area (Å²) in [4.78, 5) is 15.3. The van der Waals surface area contributed by atoms with E-state index in [9.17, 15) is 4.79 Å². The van der Waals surface area contributed by atoms with Crippen LogP contribution in [0.4, 0.5) is 4.79 Å². The van der Waals surface area contributed by atoms with Crippen LogP contribution in [0.15, 0.2) is 54.6 Å². The monoisotopic (exact) mass is 419 g/mol. The lowest BCUT2D eigenvalue weighted by molar-refractivity contribution is 0.0633. The number of hydrogen-bond acceptors (Lipinski definition) is 2. The molecule has 3 aromatic carbocycles. The molecule has 3 heteroatoms. The zero-order chi connectivity index (χ0) is 22.2. The normalized spacial score (nSPS) is 13.3. The Balaban J connectivity index is 1.86. The summed E-state index contributed by atoms with van der Waals surface area (Å²) in [5, 5.41) is 4.66. The molecule has 0 spiro atoms.